The molecule has 41 heavy (non-hydrogen) atoms. The minimum absolute atomic E-state index is 0.0115. The van der Waals surface area contributed by atoms with E-state index in [-0.39, 0.29) is 37.4 Å². The predicted octanol–water partition coefficient (Wildman–Crippen LogP) is 6.44. The van der Waals surface area contributed by atoms with E-state index in [1.165, 1.54) is 0 Å². The van der Waals surface area contributed by atoms with Crippen LogP contribution in [0.25, 0.3) is 11.1 Å². The molecule has 1 aromatic heterocycles. The number of piperidine rings is 1. The molecule has 2 amide bonds. The van der Waals surface area contributed by atoms with Crippen molar-refractivity contribution in [2.24, 2.45) is 0 Å². The Hall–Kier alpha value is -4.27. The zero-order valence-corrected chi connectivity index (χ0v) is 23.9. The average molecular weight is 561 g/mol. The lowest BCUT2D eigenvalue weighted by Gasteiger charge is -2.39. The monoisotopic (exact) mass is 560 g/mol. The number of aryl methyl sites for hydroxylation is 1. The van der Waals surface area contributed by atoms with Crippen molar-refractivity contribution in [3.05, 3.63) is 82.8 Å². The number of rotatable bonds is 6. The van der Waals surface area contributed by atoms with Crippen molar-refractivity contribution in [1.29, 1.82) is 0 Å². The second-order valence-electron chi connectivity index (χ2n) is 11.7. The van der Waals surface area contributed by atoms with Gasteiger partial charge in [-0.2, -0.15) is 0 Å². The van der Waals surface area contributed by atoms with E-state index >= 15 is 0 Å². The summed E-state index contributed by atoms with van der Waals surface area (Å²) >= 11 is 0. The number of furan rings is 1. The van der Waals surface area contributed by atoms with E-state index in [1.54, 1.807) is 22.8 Å². The second kappa shape index (κ2) is 11.3. The van der Waals surface area contributed by atoms with E-state index in [9.17, 15) is 19.5 Å². The first-order chi connectivity index (χ1) is 19.5. The highest BCUT2D eigenvalue weighted by Gasteiger charge is 2.36. The number of hydrogen-bond donors (Lipinski definition) is 1. The van der Waals surface area contributed by atoms with Crippen molar-refractivity contribution in [2.75, 3.05) is 19.7 Å². The molecule has 0 spiro atoms. The van der Waals surface area contributed by atoms with Crippen molar-refractivity contribution in [3.63, 3.8) is 0 Å². The molecule has 1 atom stereocenters. The summed E-state index contributed by atoms with van der Waals surface area (Å²) in [4.78, 5) is 41.4. The molecule has 216 valence electrons. The molecule has 0 radical (unpaired) electrons. The first kappa shape index (κ1) is 28.3. The third-order valence-corrected chi connectivity index (χ3v) is 7.55. The van der Waals surface area contributed by atoms with Crippen molar-refractivity contribution in [2.45, 2.75) is 64.6 Å². The maximum atomic E-state index is 13.8. The number of carbonyl (C=O) groups excluding carboxylic acids is 2. The number of carboxylic acids is 1. The molecule has 0 saturated carbocycles. The second-order valence-corrected chi connectivity index (χ2v) is 11.7. The van der Waals surface area contributed by atoms with Crippen molar-refractivity contribution >= 4 is 18.2 Å². The van der Waals surface area contributed by atoms with Gasteiger partial charge in [-0.1, -0.05) is 48.5 Å². The highest BCUT2D eigenvalue weighted by Crippen LogP contribution is 2.44. The summed E-state index contributed by atoms with van der Waals surface area (Å²) in [6.45, 7) is 8.04. The number of amides is 2. The fourth-order valence-electron chi connectivity index (χ4n) is 5.73. The minimum atomic E-state index is -1.17. The lowest BCUT2D eigenvalue weighted by molar-refractivity contribution is 0.00728. The number of benzene rings is 2. The Balaban J connectivity index is 1.38. The smallest absolute Gasteiger partial charge is 0.410 e. The Bertz CT molecular complexity index is 1410. The third kappa shape index (κ3) is 6.09. The van der Waals surface area contributed by atoms with Crippen LogP contribution < -0.4 is 0 Å². The lowest BCUT2D eigenvalue weighted by atomic mass is 9.98. The highest BCUT2D eigenvalue weighted by molar-refractivity contribution is 5.86. The zero-order chi connectivity index (χ0) is 29.3. The lowest BCUT2D eigenvalue weighted by Crippen LogP contribution is -2.52. The molecule has 1 aliphatic carbocycles. The Morgan fingerprint density at radius 2 is 1.68 bits per heavy atom. The molecule has 3 aromatic rings. The van der Waals surface area contributed by atoms with E-state index in [0.29, 0.717) is 30.7 Å². The summed E-state index contributed by atoms with van der Waals surface area (Å²) in [5.41, 5.74) is 4.31. The van der Waals surface area contributed by atoms with Crippen LogP contribution in [0.15, 0.2) is 59.0 Å². The molecule has 1 aliphatic heterocycles. The van der Waals surface area contributed by atoms with Crippen LogP contribution in [-0.4, -0.2) is 64.4 Å². The van der Waals surface area contributed by atoms with Crippen LogP contribution >= 0.6 is 0 Å². The number of aromatic carboxylic acids is 1. The van der Waals surface area contributed by atoms with Crippen LogP contribution in [0, 0.1) is 6.92 Å². The number of fused-ring (bicyclic) bond motifs is 3. The summed E-state index contributed by atoms with van der Waals surface area (Å²) in [5, 5.41) is 9.47. The Morgan fingerprint density at radius 1 is 1.05 bits per heavy atom. The summed E-state index contributed by atoms with van der Waals surface area (Å²) < 4.78 is 17.2. The molecule has 2 aliphatic rings. The summed E-state index contributed by atoms with van der Waals surface area (Å²) in [6, 6.07) is 17.5. The minimum Gasteiger partial charge on any atom is -0.475 e. The summed E-state index contributed by atoms with van der Waals surface area (Å²) in [5.74, 6) is -1.10. The van der Waals surface area contributed by atoms with E-state index in [0.717, 1.165) is 22.3 Å². The summed E-state index contributed by atoms with van der Waals surface area (Å²) in [7, 11) is 0. The van der Waals surface area contributed by atoms with Gasteiger partial charge in [0, 0.05) is 24.6 Å². The normalized spacial score (nSPS) is 16.6. The van der Waals surface area contributed by atoms with Crippen LogP contribution in [0.5, 0.6) is 0 Å². The zero-order valence-electron chi connectivity index (χ0n) is 23.9. The molecule has 2 aromatic carbocycles. The van der Waals surface area contributed by atoms with Crippen molar-refractivity contribution in [3.8, 4) is 11.1 Å². The predicted molar refractivity (Wildman–Crippen MR) is 152 cm³/mol. The van der Waals surface area contributed by atoms with Gasteiger partial charge in [0.25, 0.3) is 0 Å². The van der Waals surface area contributed by atoms with Gasteiger partial charge in [0.2, 0.25) is 5.76 Å². The van der Waals surface area contributed by atoms with Gasteiger partial charge >= 0.3 is 18.2 Å². The van der Waals surface area contributed by atoms with Crippen LogP contribution in [0.1, 0.15) is 72.5 Å². The maximum Gasteiger partial charge on any atom is 0.410 e. The molecule has 2 heterocycles. The molecule has 0 bridgehead atoms. The van der Waals surface area contributed by atoms with Gasteiger partial charge in [-0.3, -0.25) is 4.90 Å². The largest absolute Gasteiger partial charge is 0.475 e. The van der Waals surface area contributed by atoms with E-state index in [1.807, 2.05) is 45.0 Å². The molecule has 9 heteroatoms. The van der Waals surface area contributed by atoms with Gasteiger partial charge in [0.05, 0.1) is 12.6 Å². The van der Waals surface area contributed by atoms with Crippen LogP contribution in [0.4, 0.5) is 9.59 Å². The van der Waals surface area contributed by atoms with Gasteiger partial charge in [-0.05, 0) is 68.9 Å². The first-order valence-electron chi connectivity index (χ1n) is 13.9. The number of carbonyl (C=O) groups is 3. The molecular formula is C32H36N2O7. The summed E-state index contributed by atoms with van der Waals surface area (Å²) in [6.07, 6.45) is 0.342. The molecular weight excluding hydrogens is 524 g/mol. The Kier molecular flexibility index (Phi) is 7.80. The van der Waals surface area contributed by atoms with Gasteiger partial charge in [-0.15, -0.1) is 0 Å². The van der Waals surface area contributed by atoms with Gasteiger partial charge in [0.1, 0.15) is 18.0 Å². The van der Waals surface area contributed by atoms with Crippen LogP contribution in [-0.2, 0) is 16.0 Å². The fourth-order valence-corrected chi connectivity index (χ4v) is 5.73. The van der Waals surface area contributed by atoms with Crippen LogP contribution in [0.3, 0.4) is 0 Å². The Labute approximate surface area is 239 Å². The SMILES string of the molecule is Cc1cc(CN(C(=O)OCC2c3ccccc3-c3ccccc32)C2CCCN(C(=O)OC(C)(C)C)C2)oc1C(=O)O. The third-order valence-electron chi connectivity index (χ3n) is 7.55. The van der Waals surface area contributed by atoms with Crippen LogP contribution in [0.2, 0.25) is 0 Å². The van der Waals surface area contributed by atoms with Gasteiger partial charge in [0.15, 0.2) is 0 Å². The van der Waals surface area contributed by atoms with Gasteiger partial charge < -0.3 is 23.9 Å². The molecule has 9 nitrogen and oxygen atoms in total. The molecule has 1 N–H and O–H groups in total. The quantitative estimate of drug-likeness (QED) is 0.370. The van der Waals surface area contributed by atoms with Crippen molar-refractivity contribution in [1.82, 2.24) is 9.80 Å². The standard InChI is InChI=1S/C32H36N2O7/c1-20-16-22(40-28(20)29(35)36)18-34(21-10-9-15-33(17-21)30(37)41-32(2,3)4)31(38)39-19-27-25-13-7-5-11-23(25)24-12-6-8-14-26(24)27/h5-8,11-14,16,21,27H,9-10,15,17-19H2,1-4H3,(H,35,36). The first-order valence-corrected chi connectivity index (χ1v) is 13.9. The van der Waals surface area contributed by atoms with E-state index in [4.69, 9.17) is 13.9 Å². The molecule has 5 rings (SSSR count). The van der Waals surface area contributed by atoms with E-state index < -0.39 is 23.8 Å². The van der Waals surface area contributed by atoms with Gasteiger partial charge in [-0.25, -0.2) is 14.4 Å². The van der Waals surface area contributed by atoms with E-state index in [2.05, 4.69) is 24.3 Å². The Morgan fingerprint density at radius 3 is 2.27 bits per heavy atom. The molecule has 1 unspecified atom stereocenters. The fraction of sp³-hybridized carbons (Fsp3) is 0.406. The molecule has 1 saturated heterocycles. The average Bonchev–Trinajstić information content (AvgIpc) is 3.47. The number of hydrogen-bond acceptors (Lipinski definition) is 6. The number of ether oxygens (including phenoxy) is 2. The number of likely N-dealkylation sites (tertiary alicyclic amines) is 1. The van der Waals surface area contributed by atoms with Crippen molar-refractivity contribution < 1.29 is 33.4 Å². The number of carboxylic acid groups (broad SMARTS) is 1. The number of nitrogens with zero attached hydrogens (tertiary/aromatic N) is 2. The topological polar surface area (TPSA) is 110 Å². The maximum absolute atomic E-state index is 13.8. The highest BCUT2D eigenvalue weighted by atomic mass is 16.6. The molecule has 1 fully saturated rings.